The molecule has 1 N–H and O–H groups in total. The van der Waals surface area contributed by atoms with Gasteiger partial charge in [0, 0.05) is 17.4 Å². The van der Waals surface area contributed by atoms with Crippen molar-refractivity contribution in [2.24, 2.45) is 0 Å². The van der Waals surface area contributed by atoms with Crippen molar-refractivity contribution in [3.63, 3.8) is 0 Å². The van der Waals surface area contributed by atoms with Gasteiger partial charge in [0.05, 0.1) is 5.69 Å². The van der Waals surface area contributed by atoms with E-state index in [4.69, 9.17) is 0 Å². The molecule has 1 aliphatic carbocycles. The second kappa shape index (κ2) is 5.32. The standard InChI is InChI=1S/C15H14FNO2S/c16-11-6-4-10(5-7-11)9-20-15-8-14(18)12-2-1-3-13(12)17(15)19/h4-8,19H,1-3,9H2. The van der Waals surface area contributed by atoms with Crippen molar-refractivity contribution in [2.75, 3.05) is 0 Å². The minimum absolute atomic E-state index is 0.00408. The number of benzene rings is 1. The van der Waals surface area contributed by atoms with E-state index in [2.05, 4.69) is 0 Å². The SMILES string of the molecule is O=c1cc(SCc2ccc(F)cc2)n(O)c2c1CCC2. The van der Waals surface area contributed by atoms with E-state index in [0.29, 0.717) is 10.8 Å². The van der Waals surface area contributed by atoms with Gasteiger partial charge in [0.25, 0.3) is 0 Å². The highest BCUT2D eigenvalue weighted by Crippen LogP contribution is 2.26. The summed E-state index contributed by atoms with van der Waals surface area (Å²) < 4.78 is 14.0. The zero-order valence-electron chi connectivity index (χ0n) is 10.8. The van der Waals surface area contributed by atoms with E-state index in [-0.39, 0.29) is 11.2 Å². The predicted molar refractivity (Wildman–Crippen MR) is 75.9 cm³/mol. The Labute approximate surface area is 120 Å². The normalized spacial score (nSPS) is 13.4. The molecule has 0 amide bonds. The third kappa shape index (κ3) is 2.45. The topological polar surface area (TPSA) is 42.2 Å². The molecule has 2 aromatic rings. The number of fused-ring (bicyclic) bond motifs is 1. The summed E-state index contributed by atoms with van der Waals surface area (Å²) in [4.78, 5) is 12.0. The first-order valence-corrected chi connectivity index (χ1v) is 7.48. The molecule has 3 nitrogen and oxygen atoms in total. The van der Waals surface area contributed by atoms with E-state index in [1.807, 2.05) is 0 Å². The summed E-state index contributed by atoms with van der Waals surface area (Å²) >= 11 is 1.38. The minimum Gasteiger partial charge on any atom is -0.428 e. The maximum absolute atomic E-state index is 12.8. The molecule has 1 aliphatic rings. The van der Waals surface area contributed by atoms with Gasteiger partial charge < -0.3 is 5.21 Å². The van der Waals surface area contributed by atoms with E-state index in [1.165, 1.54) is 30.0 Å². The Bertz CT molecular complexity index is 694. The number of pyridine rings is 1. The molecule has 0 saturated carbocycles. The fraction of sp³-hybridized carbons (Fsp3) is 0.267. The van der Waals surface area contributed by atoms with E-state index < -0.39 is 0 Å². The fourth-order valence-corrected chi connectivity index (χ4v) is 3.39. The monoisotopic (exact) mass is 291 g/mol. The number of thioether (sulfide) groups is 1. The molecule has 0 aliphatic heterocycles. The number of halogens is 1. The van der Waals surface area contributed by atoms with E-state index in [0.717, 1.165) is 40.8 Å². The Morgan fingerprint density at radius 1 is 1.25 bits per heavy atom. The molecule has 0 radical (unpaired) electrons. The van der Waals surface area contributed by atoms with Crippen molar-refractivity contribution in [3.8, 4) is 0 Å². The molecule has 104 valence electrons. The second-order valence-corrected chi connectivity index (χ2v) is 5.85. The van der Waals surface area contributed by atoms with Crippen LogP contribution >= 0.6 is 11.8 Å². The van der Waals surface area contributed by atoms with Crippen LogP contribution in [0.3, 0.4) is 0 Å². The van der Waals surface area contributed by atoms with E-state index >= 15 is 0 Å². The summed E-state index contributed by atoms with van der Waals surface area (Å²) in [6, 6.07) is 7.71. The first-order chi connectivity index (χ1) is 9.65. The smallest absolute Gasteiger partial charge is 0.186 e. The van der Waals surface area contributed by atoms with Gasteiger partial charge in [-0.15, -0.1) is 11.8 Å². The highest BCUT2D eigenvalue weighted by molar-refractivity contribution is 7.98. The lowest BCUT2D eigenvalue weighted by atomic mass is 10.2. The van der Waals surface area contributed by atoms with Gasteiger partial charge in [-0.3, -0.25) is 4.79 Å². The van der Waals surface area contributed by atoms with Crippen molar-refractivity contribution < 1.29 is 9.60 Å². The van der Waals surface area contributed by atoms with Gasteiger partial charge in [-0.1, -0.05) is 12.1 Å². The average Bonchev–Trinajstić information content (AvgIpc) is 2.93. The van der Waals surface area contributed by atoms with Gasteiger partial charge in [0.15, 0.2) is 5.43 Å². The van der Waals surface area contributed by atoms with Gasteiger partial charge in [-0.2, -0.15) is 4.73 Å². The van der Waals surface area contributed by atoms with Crippen molar-refractivity contribution >= 4 is 11.8 Å². The summed E-state index contributed by atoms with van der Waals surface area (Å²) in [7, 11) is 0. The third-order valence-electron chi connectivity index (χ3n) is 3.51. The third-order valence-corrected chi connectivity index (χ3v) is 4.57. The van der Waals surface area contributed by atoms with Gasteiger partial charge in [-0.05, 0) is 37.0 Å². The Hall–Kier alpha value is -1.75. The molecule has 1 heterocycles. The lowest BCUT2D eigenvalue weighted by Gasteiger charge is -2.11. The molecule has 0 spiro atoms. The second-order valence-electron chi connectivity index (χ2n) is 4.85. The van der Waals surface area contributed by atoms with E-state index in [9.17, 15) is 14.4 Å². The van der Waals surface area contributed by atoms with E-state index in [1.54, 1.807) is 12.1 Å². The number of nitrogens with zero attached hydrogens (tertiary/aromatic N) is 1. The van der Waals surface area contributed by atoms with Crippen LogP contribution in [-0.2, 0) is 18.6 Å². The molecule has 20 heavy (non-hydrogen) atoms. The molecule has 0 bridgehead atoms. The van der Waals surface area contributed by atoms with Crippen LogP contribution in [0, 0.1) is 5.82 Å². The lowest BCUT2D eigenvalue weighted by Crippen LogP contribution is -2.15. The summed E-state index contributed by atoms with van der Waals surface area (Å²) in [5.41, 5.74) is 2.42. The van der Waals surface area contributed by atoms with Crippen LogP contribution < -0.4 is 5.43 Å². The zero-order valence-corrected chi connectivity index (χ0v) is 11.6. The number of rotatable bonds is 3. The van der Waals surface area contributed by atoms with Crippen molar-refractivity contribution in [1.29, 1.82) is 0 Å². The summed E-state index contributed by atoms with van der Waals surface area (Å²) in [5, 5.41) is 10.7. The Morgan fingerprint density at radius 3 is 2.75 bits per heavy atom. The first-order valence-electron chi connectivity index (χ1n) is 6.49. The van der Waals surface area contributed by atoms with Gasteiger partial charge in [0.2, 0.25) is 0 Å². The minimum atomic E-state index is -0.268. The van der Waals surface area contributed by atoms with Crippen LogP contribution in [0.1, 0.15) is 23.2 Å². The van der Waals surface area contributed by atoms with Crippen LogP contribution in [0.4, 0.5) is 4.39 Å². The first kappa shape index (κ1) is 13.2. The zero-order chi connectivity index (χ0) is 14.1. The van der Waals surface area contributed by atoms with Gasteiger partial charge in [-0.25, -0.2) is 4.39 Å². The van der Waals surface area contributed by atoms with Crippen LogP contribution in [0.2, 0.25) is 0 Å². The largest absolute Gasteiger partial charge is 0.428 e. The maximum Gasteiger partial charge on any atom is 0.186 e. The molecule has 1 aromatic carbocycles. The lowest BCUT2D eigenvalue weighted by molar-refractivity contribution is 0.150. The number of hydrogen-bond acceptors (Lipinski definition) is 3. The fourth-order valence-electron chi connectivity index (χ4n) is 2.46. The molecule has 0 atom stereocenters. The Balaban J connectivity index is 1.83. The number of aromatic nitrogens is 1. The maximum atomic E-state index is 12.8. The average molecular weight is 291 g/mol. The molecule has 1 aromatic heterocycles. The van der Waals surface area contributed by atoms with Crippen LogP contribution in [0.15, 0.2) is 40.2 Å². The molecule has 3 rings (SSSR count). The molecule has 5 heteroatoms. The van der Waals surface area contributed by atoms with Crippen molar-refractivity contribution in [1.82, 2.24) is 4.73 Å². The van der Waals surface area contributed by atoms with Crippen molar-refractivity contribution in [3.05, 3.63) is 63.2 Å². The van der Waals surface area contributed by atoms with Crippen LogP contribution in [-0.4, -0.2) is 9.94 Å². The summed E-state index contributed by atoms with van der Waals surface area (Å²) in [6.45, 7) is 0. The highest BCUT2D eigenvalue weighted by Gasteiger charge is 2.20. The Morgan fingerprint density at radius 2 is 2.00 bits per heavy atom. The molecular formula is C15H14FNO2S. The highest BCUT2D eigenvalue weighted by atomic mass is 32.2. The summed E-state index contributed by atoms with van der Waals surface area (Å²) in [6.07, 6.45) is 2.40. The van der Waals surface area contributed by atoms with Crippen molar-refractivity contribution in [2.45, 2.75) is 30.0 Å². The van der Waals surface area contributed by atoms with Gasteiger partial charge >= 0.3 is 0 Å². The summed E-state index contributed by atoms with van der Waals surface area (Å²) in [5.74, 6) is 0.314. The molecule has 0 saturated heterocycles. The molecule has 0 unspecified atom stereocenters. The van der Waals surface area contributed by atoms with Crippen LogP contribution in [0.5, 0.6) is 0 Å². The van der Waals surface area contributed by atoms with Crippen LogP contribution in [0.25, 0.3) is 0 Å². The predicted octanol–water partition coefficient (Wildman–Crippen LogP) is 3.01. The molecule has 0 fully saturated rings. The molecular weight excluding hydrogens is 277 g/mol. The Kier molecular flexibility index (Phi) is 3.53. The van der Waals surface area contributed by atoms with Gasteiger partial charge in [0.1, 0.15) is 10.8 Å². The quantitative estimate of drug-likeness (QED) is 0.698. The number of hydrogen-bond donors (Lipinski definition) is 1.